The van der Waals surface area contributed by atoms with Gasteiger partial charge in [-0.25, -0.2) is 0 Å². The van der Waals surface area contributed by atoms with E-state index in [1.807, 2.05) is 13.0 Å². The summed E-state index contributed by atoms with van der Waals surface area (Å²) in [6, 6.07) is 9.14. The summed E-state index contributed by atoms with van der Waals surface area (Å²) < 4.78 is 10.6. The Morgan fingerprint density at radius 3 is 2.71 bits per heavy atom. The van der Waals surface area contributed by atoms with Crippen LogP contribution in [0.2, 0.25) is 0 Å². The number of aromatic nitrogens is 1. The fourth-order valence-electron chi connectivity index (χ4n) is 3.52. The van der Waals surface area contributed by atoms with Gasteiger partial charge in [-0.2, -0.15) is 0 Å². The maximum Gasteiger partial charge on any atom is 0.241 e. The van der Waals surface area contributed by atoms with E-state index in [0.717, 1.165) is 30.8 Å². The number of anilines is 1. The summed E-state index contributed by atoms with van der Waals surface area (Å²) >= 11 is 0. The smallest absolute Gasteiger partial charge is 0.241 e. The minimum absolute atomic E-state index is 0.0407. The quantitative estimate of drug-likeness (QED) is 0.745. The third-order valence-electron chi connectivity index (χ3n) is 4.94. The predicted octanol–water partition coefficient (Wildman–Crippen LogP) is 2.04. The van der Waals surface area contributed by atoms with Gasteiger partial charge < -0.3 is 19.9 Å². The van der Waals surface area contributed by atoms with Crippen LogP contribution in [0.15, 0.2) is 34.9 Å². The SMILES string of the molecule is COc1ccc(N(CCC(N)=O)C(=O)CN2CCC[C@@H]2c2cc(C)no2)cc1. The zero-order valence-corrected chi connectivity index (χ0v) is 16.3. The number of methoxy groups -OCH3 is 1. The molecule has 1 saturated heterocycles. The van der Waals surface area contributed by atoms with E-state index < -0.39 is 5.91 Å². The second kappa shape index (κ2) is 8.88. The Kier molecular flexibility index (Phi) is 6.30. The van der Waals surface area contributed by atoms with Crippen LogP contribution in [0.3, 0.4) is 0 Å². The highest BCUT2D eigenvalue weighted by Gasteiger charge is 2.32. The van der Waals surface area contributed by atoms with E-state index in [4.69, 9.17) is 15.0 Å². The van der Waals surface area contributed by atoms with Gasteiger partial charge in [0.05, 0.1) is 25.4 Å². The summed E-state index contributed by atoms with van der Waals surface area (Å²) in [6.45, 7) is 3.16. The molecule has 1 aromatic carbocycles. The Bertz CT molecular complexity index is 818. The number of nitrogens with two attached hydrogens (primary N) is 1. The molecule has 1 fully saturated rings. The van der Waals surface area contributed by atoms with Gasteiger partial charge in [0.15, 0.2) is 5.76 Å². The Balaban J connectivity index is 1.75. The van der Waals surface area contributed by atoms with Crippen molar-refractivity contribution >= 4 is 17.5 Å². The summed E-state index contributed by atoms with van der Waals surface area (Å²) in [5, 5.41) is 3.96. The second-order valence-electron chi connectivity index (χ2n) is 6.96. The van der Waals surface area contributed by atoms with Crippen molar-refractivity contribution in [3.05, 3.63) is 41.8 Å². The average Bonchev–Trinajstić information content (AvgIpc) is 3.30. The molecule has 1 aliphatic heterocycles. The molecule has 28 heavy (non-hydrogen) atoms. The van der Waals surface area contributed by atoms with Gasteiger partial charge in [0.1, 0.15) is 5.75 Å². The van der Waals surface area contributed by atoms with Gasteiger partial charge in [0.2, 0.25) is 11.8 Å². The van der Waals surface area contributed by atoms with Crippen molar-refractivity contribution in [2.45, 2.75) is 32.2 Å². The number of nitrogens with zero attached hydrogens (tertiary/aromatic N) is 3. The molecular formula is C20H26N4O4. The number of ether oxygens (including phenoxy) is 1. The maximum absolute atomic E-state index is 13.1. The standard InChI is InChI=1S/C20H26N4O4/c1-14-12-18(28-22-14)17-4-3-10-23(17)13-20(26)24(11-9-19(21)25)15-5-7-16(27-2)8-6-15/h5-8,12,17H,3-4,9-11,13H2,1-2H3,(H2,21,25)/t17-/m1/s1. The third-order valence-corrected chi connectivity index (χ3v) is 4.94. The molecule has 0 saturated carbocycles. The number of aryl methyl sites for hydroxylation is 1. The van der Waals surface area contributed by atoms with Crippen molar-refractivity contribution in [2.24, 2.45) is 5.73 Å². The first-order valence-corrected chi connectivity index (χ1v) is 9.38. The fraction of sp³-hybridized carbons (Fsp3) is 0.450. The van der Waals surface area contributed by atoms with Gasteiger partial charge >= 0.3 is 0 Å². The van der Waals surface area contributed by atoms with Crippen molar-refractivity contribution in [3.8, 4) is 5.75 Å². The van der Waals surface area contributed by atoms with E-state index in [1.54, 1.807) is 36.3 Å². The van der Waals surface area contributed by atoms with Crippen molar-refractivity contribution in [1.29, 1.82) is 0 Å². The normalized spacial score (nSPS) is 16.9. The van der Waals surface area contributed by atoms with Crippen molar-refractivity contribution < 1.29 is 18.8 Å². The van der Waals surface area contributed by atoms with Crippen LogP contribution in [0.4, 0.5) is 5.69 Å². The predicted molar refractivity (Wildman–Crippen MR) is 104 cm³/mol. The second-order valence-corrected chi connectivity index (χ2v) is 6.96. The Labute approximate surface area is 164 Å². The van der Waals surface area contributed by atoms with Gasteiger partial charge in [-0.3, -0.25) is 14.5 Å². The molecule has 1 aliphatic rings. The van der Waals surface area contributed by atoms with Crippen molar-refractivity contribution in [2.75, 3.05) is 31.6 Å². The molecule has 0 bridgehead atoms. The van der Waals surface area contributed by atoms with E-state index in [-0.39, 0.29) is 31.5 Å². The molecule has 2 amide bonds. The van der Waals surface area contributed by atoms with Crippen LogP contribution in [-0.2, 0) is 9.59 Å². The molecule has 3 rings (SSSR count). The number of hydrogen-bond donors (Lipinski definition) is 1. The molecule has 1 atom stereocenters. The number of carbonyl (C=O) groups is 2. The first-order valence-electron chi connectivity index (χ1n) is 9.38. The number of carbonyl (C=O) groups excluding carboxylic acids is 2. The minimum Gasteiger partial charge on any atom is -0.497 e. The zero-order chi connectivity index (χ0) is 20.1. The van der Waals surface area contributed by atoms with Crippen LogP contribution in [0, 0.1) is 6.92 Å². The number of hydrogen-bond acceptors (Lipinski definition) is 6. The average molecular weight is 386 g/mol. The number of primary amides is 1. The van der Waals surface area contributed by atoms with Gasteiger partial charge in [-0.15, -0.1) is 0 Å². The maximum atomic E-state index is 13.1. The molecule has 8 heteroatoms. The van der Waals surface area contributed by atoms with E-state index in [9.17, 15) is 9.59 Å². The summed E-state index contributed by atoms with van der Waals surface area (Å²) in [4.78, 5) is 28.1. The van der Waals surface area contributed by atoms with Gasteiger partial charge in [0.25, 0.3) is 0 Å². The van der Waals surface area contributed by atoms with Crippen molar-refractivity contribution in [1.82, 2.24) is 10.1 Å². The Morgan fingerprint density at radius 1 is 1.36 bits per heavy atom. The lowest BCUT2D eigenvalue weighted by Gasteiger charge is -2.27. The summed E-state index contributed by atoms with van der Waals surface area (Å²) in [6.07, 6.45) is 2.01. The number of likely N-dealkylation sites (tertiary alicyclic amines) is 1. The number of amides is 2. The minimum atomic E-state index is -0.442. The summed E-state index contributed by atoms with van der Waals surface area (Å²) in [7, 11) is 1.59. The summed E-state index contributed by atoms with van der Waals surface area (Å²) in [5.41, 5.74) is 6.84. The third kappa shape index (κ3) is 4.69. The van der Waals surface area contributed by atoms with E-state index in [2.05, 4.69) is 10.1 Å². The molecule has 0 radical (unpaired) electrons. The number of benzene rings is 1. The lowest BCUT2D eigenvalue weighted by Crippen LogP contribution is -2.41. The molecule has 0 aliphatic carbocycles. The van der Waals surface area contributed by atoms with E-state index in [1.165, 1.54) is 0 Å². The molecule has 2 heterocycles. The van der Waals surface area contributed by atoms with E-state index in [0.29, 0.717) is 11.4 Å². The molecule has 2 N–H and O–H groups in total. The first-order chi connectivity index (χ1) is 13.5. The van der Waals surface area contributed by atoms with E-state index >= 15 is 0 Å². The van der Waals surface area contributed by atoms with Crippen LogP contribution >= 0.6 is 0 Å². The molecule has 2 aromatic rings. The summed E-state index contributed by atoms with van der Waals surface area (Å²) in [5.74, 6) is 0.958. The van der Waals surface area contributed by atoms with Crippen LogP contribution in [-0.4, -0.2) is 48.6 Å². The topological polar surface area (TPSA) is 102 Å². The fourth-order valence-corrected chi connectivity index (χ4v) is 3.52. The molecule has 0 unspecified atom stereocenters. The van der Waals surface area contributed by atoms with Crippen LogP contribution < -0.4 is 15.4 Å². The largest absolute Gasteiger partial charge is 0.497 e. The highest BCUT2D eigenvalue weighted by atomic mass is 16.5. The molecule has 8 nitrogen and oxygen atoms in total. The highest BCUT2D eigenvalue weighted by molar-refractivity contribution is 5.95. The molecule has 0 spiro atoms. The van der Waals surface area contributed by atoms with Gasteiger partial charge in [-0.1, -0.05) is 5.16 Å². The van der Waals surface area contributed by atoms with Crippen LogP contribution in [0.25, 0.3) is 0 Å². The van der Waals surface area contributed by atoms with Gasteiger partial charge in [-0.05, 0) is 50.6 Å². The van der Waals surface area contributed by atoms with Crippen LogP contribution in [0.5, 0.6) is 5.75 Å². The Morgan fingerprint density at radius 2 is 2.11 bits per heavy atom. The Hall–Kier alpha value is -2.87. The highest BCUT2D eigenvalue weighted by Crippen LogP contribution is 2.32. The lowest BCUT2D eigenvalue weighted by molar-refractivity contribution is -0.120. The number of rotatable bonds is 8. The van der Waals surface area contributed by atoms with Crippen LogP contribution in [0.1, 0.15) is 36.8 Å². The van der Waals surface area contributed by atoms with Gasteiger partial charge in [0, 0.05) is 24.7 Å². The van der Waals surface area contributed by atoms with Crippen molar-refractivity contribution in [3.63, 3.8) is 0 Å². The molecule has 1 aromatic heterocycles. The monoisotopic (exact) mass is 386 g/mol. The molecular weight excluding hydrogens is 360 g/mol. The molecule has 150 valence electrons. The first kappa shape index (κ1) is 19.9. The zero-order valence-electron chi connectivity index (χ0n) is 16.3. The lowest BCUT2D eigenvalue weighted by atomic mass is 10.1.